The molecule has 0 saturated carbocycles. The van der Waals surface area contributed by atoms with Crippen molar-refractivity contribution in [2.75, 3.05) is 33.9 Å². The maximum absolute atomic E-state index is 5.34. The van der Waals surface area contributed by atoms with Gasteiger partial charge in [-0.05, 0) is 38.9 Å². The van der Waals surface area contributed by atoms with Crippen LogP contribution in [0.25, 0.3) is 0 Å². The number of nitrogens with one attached hydrogen (secondary N) is 1. The van der Waals surface area contributed by atoms with E-state index in [4.69, 9.17) is 9.26 Å². The molecule has 2 rings (SSSR count). The Labute approximate surface area is 108 Å². The molecular weight excluding hydrogens is 230 g/mol. The first-order chi connectivity index (χ1) is 8.81. The van der Waals surface area contributed by atoms with Crippen LogP contribution < -0.4 is 5.32 Å². The molecule has 0 atom stereocenters. The number of likely N-dealkylation sites (tertiary alicyclic amines) is 1. The summed E-state index contributed by atoms with van der Waals surface area (Å²) in [6, 6.07) is 2.04. The van der Waals surface area contributed by atoms with Crippen molar-refractivity contribution >= 4 is 0 Å². The third kappa shape index (κ3) is 3.80. The van der Waals surface area contributed by atoms with E-state index in [9.17, 15) is 0 Å². The molecule has 1 aromatic heterocycles. The Hall–Kier alpha value is -0.910. The van der Waals surface area contributed by atoms with E-state index in [-0.39, 0.29) is 0 Å². The zero-order valence-electron chi connectivity index (χ0n) is 11.3. The lowest BCUT2D eigenvalue weighted by atomic mass is 9.98. The first-order valence-electron chi connectivity index (χ1n) is 6.62. The van der Waals surface area contributed by atoms with Crippen molar-refractivity contribution in [2.45, 2.75) is 25.9 Å². The normalized spacial score (nSPS) is 18.3. The standard InChI is InChI=1S/C13H23N3O2/c1-14-8-12-7-13(18-15-12)9-16-5-3-11(4-6-16)10-17-2/h7,11,14H,3-6,8-10H2,1-2H3. The van der Waals surface area contributed by atoms with E-state index in [1.54, 1.807) is 7.11 Å². The first kappa shape index (κ1) is 13.5. The summed E-state index contributed by atoms with van der Waals surface area (Å²) in [6.07, 6.45) is 2.43. The topological polar surface area (TPSA) is 50.5 Å². The molecule has 1 N–H and O–H groups in total. The zero-order valence-corrected chi connectivity index (χ0v) is 11.3. The molecule has 0 spiro atoms. The molecule has 0 amide bonds. The SMILES string of the molecule is CNCc1cc(CN2CCC(COC)CC2)on1. The second-order valence-corrected chi connectivity index (χ2v) is 4.99. The number of hydrogen-bond acceptors (Lipinski definition) is 5. The van der Waals surface area contributed by atoms with E-state index in [0.29, 0.717) is 0 Å². The van der Waals surface area contributed by atoms with Crippen LogP contribution in [0.2, 0.25) is 0 Å². The molecule has 5 nitrogen and oxygen atoms in total. The molecule has 1 aromatic rings. The molecule has 0 aromatic carbocycles. The fourth-order valence-corrected chi connectivity index (χ4v) is 2.46. The van der Waals surface area contributed by atoms with Crippen LogP contribution in [0, 0.1) is 5.92 Å². The van der Waals surface area contributed by atoms with E-state index < -0.39 is 0 Å². The molecule has 2 heterocycles. The molecule has 102 valence electrons. The predicted molar refractivity (Wildman–Crippen MR) is 69.1 cm³/mol. The van der Waals surface area contributed by atoms with Crippen LogP contribution in [-0.2, 0) is 17.8 Å². The number of ether oxygens (including phenoxy) is 1. The average molecular weight is 253 g/mol. The minimum absolute atomic E-state index is 0.723. The van der Waals surface area contributed by atoms with Crippen molar-refractivity contribution in [1.82, 2.24) is 15.4 Å². The largest absolute Gasteiger partial charge is 0.384 e. The predicted octanol–water partition coefficient (Wildman–Crippen LogP) is 1.25. The smallest absolute Gasteiger partial charge is 0.151 e. The number of aromatic nitrogens is 1. The molecule has 5 heteroatoms. The Balaban J connectivity index is 1.76. The first-order valence-corrected chi connectivity index (χ1v) is 6.62. The second kappa shape index (κ2) is 6.87. The molecule has 0 radical (unpaired) electrons. The van der Waals surface area contributed by atoms with Gasteiger partial charge in [-0.3, -0.25) is 4.90 Å². The molecule has 0 unspecified atom stereocenters. The Kier molecular flexibility index (Phi) is 5.16. The van der Waals surface area contributed by atoms with Gasteiger partial charge >= 0.3 is 0 Å². The fourth-order valence-electron chi connectivity index (χ4n) is 2.46. The highest BCUT2D eigenvalue weighted by Gasteiger charge is 2.20. The number of hydrogen-bond donors (Lipinski definition) is 1. The van der Waals surface area contributed by atoms with Gasteiger partial charge in [-0.2, -0.15) is 0 Å². The summed E-state index contributed by atoms with van der Waals surface area (Å²) in [5.41, 5.74) is 0.974. The summed E-state index contributed by atoms with van der Waals surface area (Å²) < 4.78 is 10.5. The van der Waals surface area contributed by atoms with Crippen molar-refractivity contribution in [2.24, 2.45) is 5.92 Å². The van der Waals surface area contributed by atoms with E-state index >= 15 is 0 Å². The van der Waals surface area contributed by atoms with Crippen LogP contribution in [0.15, 0.2) is 10.6 Å². The minimum Gasteiger partial charge on any atom is -0.384 e. The Morgan fingerprint density at radius 2 is 2.28 bits per heavy atom. The molecular formula is C13H23N3O2. The molecule has 18 heavy (non-hydrogen) atoms. The van der Waals surface area contributed by atoms with Gasteiger partial charge in [-0.1, -0.05) is 5.16 Å². The van der Waals surface area contributed by atoms with Crippen LogP contribution in [0.5, 0.6) is 0 Å². The van der Waals surface area contributed by atoms with Crippen molar-refractivity contribution in [3.05, 3.63) is 17.5 Å². The van der Waals surface area contributed by atoms with Crippen molar-refractivity contribution in [3.63, 3.8) is 0 Å². The van der Waals surface area contributed by atoms with Crippen molar-refractivity contribution < 1.29 is 9.26 Å². The molecule has 0 bridgehead atoms. The Bertz CT molecular complexity index is 346. The van der Waals surface area contributed by atoms with Crippen LogP contribution in [-0.4, -0.2) is 43.9 Å². The van der Waals surface area contributed by atoms with E-state index in [1.165, 1.54) is 12.8 Å². The lowest BCUT2D eigenvalue weighted by Gasteiger charge is -2.30. The van der Waals surface area contributed by atoms with Gasteiger partial charge in [-0.15, -0.1) is 0 Å². The summed E-state index contributed by atoms with van der Waals surface area (Å²) >= 11 is 0. The van der Waals surface area contributed by atoms with Gasteiger partial charge in [-0.25, -0.2) is 0 Å². The summed E-state index contributed by atoms with van der Waals surface area (Å²) in [4.78, 5) is 2.43. The highest BCUT2D eigenvalue weighted by atomic mass is 16.5. The van der Waals surface area contributed by atoms with Crippen LogP contribution in [0.3, 0.4) is 0 Å². The van der Waals surface area contributed by atoms with Gasteiger partial charge in [0, 0.05) is 26.3 Å². The Morgan fingerprint density at radius 1 is 1.50 bits per heavy atom. The summed E-state index contributed by atoms with van der Waals surface area (Å²) in [7, 11) is 3.69. The second-order valence-electron chi connectivity index (χ2n) is 4.99. The van der Waals surface area contributed by atoms with Crippen LogP contribution >= 0.6 is 0 Å². The monoisotopic (exact) mass is 253 g/mol. The lowest BCUT2D eigenvalue weighted by Crippen LogP contribution is -2.34. The number of nitrogens with zero attached hydrogens (tertiary/aromatic N) is 2. The summed E-state index contributed by atoms with van der Waals surface area (Å²) in [6.45, 7) is 4.77. The van der Waals surface area contributed by atoms with Crippen molar-refractivity contribution in [1.29, 1.82) is 0 Å². The lowest BCUT2D eigenvalue weighted by molar-refractivity contribution is 0.0928. The highest BCUT2D eigenvalue weighted by molar-refractivity contribution is 5.05. The fraction of sp³-hybridized carbons (Fsp3) is 0.769. The van der Waals surface area contributed by atoms with Gasteiger partial charge in [0.15, 0.2) is 5.76 Å². The van der Waals surface area contributed by atoms with Gasteiger partial charge in [0.05, 0.1) is 12.2 Å². The number of piperidine rings is 1. The quantitative estimate of drug-likeness (QED) is 0.827. The van der Waals surface area contributed by atoms with Crippen LogP contribution in [0.4, 0.5) is 0 Å². The average Bonchev–Trinajstić information content (AvgIpc) is 2.80. The number of methoxy groups -OCH3 is 1. The third-order valence-corrected chi connectivity index (χ3v) is 3.45. The van der Waals surface area contributed by atoms with Crippen molar-refractivity contribution in [3.8, 4) is 0 Å². The van der Waals surface area contributed by atoms with E-state index in [0.717, 1.165) is 50.2 Å². The maximum Gasteiger partial charge on any atom is 0.151 e. The molecule has 0 aliphatic carbocycles. The van der Waals surface area contributed by atoms with E-state index in [2.05, 4.69) is 15.4 Å². The minimum atomic E-state index is 0.723. The number of rotatable bonds is 6. The van der Waals surface area contributed by atoms with Gasteiger partial charge in [0.2, 0.25) is 0 Å². The van der Waals surface area contributed by atoms with Gasteiger partial charge < -0.3 is 14.6 Å². The maximum atomic E-state index is 5.34. The molecule has 1 aliphatic rings. The summed E-state index contributed by atoms with van der Waals surface area (Å²) in [5, 5.41) is 7.10. The van der Waals surface area contributed by atoms with Crippen LogP contribution in [0.1, 0.15) is 24.3 Å². The third-order valence-electron chi connectivity index (χ3n) is 3.45. The molecule has 1 aliphatic heterocycles. The Morgan fingerprint density at radius 3 is 2.94 bits per heavy atom. The molecule has 1 saturated heterocycles. The molecule has 1 fully saturated rings. The van der Waals surface area contributed by atoms with E-state index in [1.807, 2.05) is 13.1 Å². The van der Waals surface area contributed by atoms with Gasteiger partial charge in [0.25, 0.3) is 0 Å². The highest BCUT2D eigenvalue weighted by Crippen LogP contribution is 2.19. The summed E-state index contributed by atoms with van der Waals surface area (Å²) in [5.74, 6) is 1.69. The van der Waals surface area contributed by atoms with Gasteiger partial charge in [0.1, 0.15) is 0 Å². The zero-order chi connectivity index (χ0) is 12.8.